The lowest BCUT2D eigenvalue weighted by atomic mass is 9.66. The number of ketones is 1. The molecule has 2 aromatic carbocycles. The summed E-state index contributed by atoms with van der Waals surface area (Å²) < 4.78 is 5.55. The number of carbonyl (C=O) groups excluding carboxylic acids is 2. The first kappa shape index (κ1) is 17.6. The van der Waals surface area contributed by atoms with Crippen molar-refractivity contribution >= 4 is 17.4 Å². The summed E-state index contributed by atoms with van der Waals surface area (Å²) >= 11 is 0. The quantitative estimate of drug-likeness (QED) is 0.819. The molecule has 1 amide bonds. The number of allylic oxidation sites excluding steroid dienone is 1. The van der Waals surface area contributed by atoms with Crippen molar-refractivity contribution in [3.63, 3.8) is 0 Å². The van der Waals surface area contributed by atoms with Crippen LogP contribution in [-0.4, -0.2) is 18.7 Å². The molecule has 4 rings (SSSR count). The lowest BCUT2D eigenvalue weighted by Gasteiger charge is -2.35. The molecule has 2 N–H and O–H groups in total. The first-order valence-electron chi connectivity index (χ1n) is 8.71. The number of carbonyl (C=O) groups is 2. The van der Waals surface area contributed by atoms with Gasteiger partial charge >= 0.3 is 0 Å². The molecule has 138 valence electrons. The van der Waals surface area contributed by atoms with E-state index in [1.54, 1.807) is 68.6 Å². The standard InChI is InChI=1S/C22H17N3O3/c1-13-18(19(26)14-8-4-3-5-9-14)22(16(12-23)20(24)28-13)15-10-6-7-11-17(15)25(2)21(22)27/h3-11H,24H2,1-2H3/t22-/m1/s1. The van der Waals surface area contributed by atoms with E-state index in [-0.39, 0.29) is 28.6 Å². The summed E-state index contributed by atoms with van der Waals surface area (Å²) in [5.74, 6) is -0.737. The van der Waals surface area contributed by atoms with Gasteiger partial charge < -0.3 is 15.4 Å². The van der Waals surface area contributed by atoms with Gasteiger partial charge in [-0.1, -0.05) is 48.5 Å². The number of benzene rings is 2. The van der Waals surface area contributed by atoms with Crippen LogP contribution in [0, 0.1) is 11.3 Å². The van der Waals surface area contributed by atoms with Gasteiger partial charge in [-0.25, -0.2) is 0 Å². The fourth-order valence-electron chi connectivity index (χ4n) is 4.09. The van der Waals surface area contributed by atoms with E-state index >= 15 is 0 Å². The number of hydrogen-bond donors (Lipinski definition) is 1. The molecule has 6 nitrogen and oxygen atoms in total. The summed E-state index contributed by atoms with van der Waals surface area (Å²) in [7, 11) is 1.62. The van der Waals surface area contributed by atoms with Gasteiger partial charge in [-0.2, -0.15) is 5.26 Å². The lowest BCUT2D eigenvalue weighted by molar-refractivity contribution is -0.120. The number of rotatable bonds is 2. The SMILES string of the molecule is CC1=C(C(=O)c2ccccc2)[C@]2(C(=O)N(C)c3ccccc32)C(C#N)=C(N)O1. The minimum Gasteiger partial charge on any atom is -0.445 e. The fourth-order valence-corrected chi connectivity index (χ4v) is 4.09. The minimum atomic E-state index is -1.63. The fraction of sp³-hybridized carbons (Fsp3) is 0.136. The average Bonchev–Trinajstić information content (AvgIpc) is 2.92. The maximum Gasteiger partial charge on any atom is 0.247 e. The van der Waals surface area contributed by atoms with E-state index in [1.807, 2.05) is 6.07 Å². The van der Waals surface area contributed by atoms with E-state index in [1.165, 1.54) is 4.90 Å². The Labute approximate surface area is 162 Å². The maximum absolute atomic E-state index is 13.6. The van der Waals surface area contributed by atoms with Crippen molar-refractivity contribution in [2.24, 2.45) is 5.73 Å². The van der Waals surface area contributed by atoms with Crippen molar-refractivity contribution in [2.45, 2.75) is 12.3 Å². The Morgan fingerprint density at radius 1 is 1.14 bits per heavy atom. The van der Waals surface area contributed by atoms with E-state index in [9.17, 15) is 14.9 Å². The van der Waals surface area contributed by atoms with Gasteiger partial charge in [0.25, 0.3) is 0 Å². The number of fused-ring (bicyclic) bond motifs is 2. The number of amides is 1. The third kappa shape index (κ3) is 2.07. The van der Waals surface area contributed by atoms with Gasteiger partial charge in [0.1, 0.15) is 22.8 Å². The molecule has 0 radical (unpaired) electrons. The van der Waals surface area contributed by atoms with E-state index in [2.05, 4.69) is 0 Å². The van der Waals surface area contributed by atoms with Crippen molar-refractivity contribution < 1.29 is 14.3 Å². The van der Waals surface area contributed by atoms with Crippen LogP contribution in [0.15, 0.2) is 77.4 Å². The van der Waals surface area contributed by atoms with Crippen molar-refractivity contribution in [2.75, 3.05) is 11.9 Å². The number of para-hydroxylation sites is 1. The molecule has 2 aliphatic heterocycles. The van der Waals surface area contributed by atoms with Crippen LogP contribution in [0.4, 0.5) is 5.69 Å². The molecular formula is C22H17N3O3. The zero-order chi connectivity index (χ0) is 20.1. The maximum atomic E-state index is 13.6. The Kier molecular flexibility index (Phi) is 3.83. The second-order valence-corrected chi connectivity index (χ2v) is 6.71. The number of nitrogens with two attached hydrogens (primary N) is 1. The van der Waals surface area contributed by atoms with E-state index in [4.69, 9.17) is 10.5 Å². The molecule has 6 heteroatoms. The first-order valence-corrected chi connectivity index (χ1v) is 8.71. The molecule has 0 saturated heterocycles. The second-order valence-electron chi connectivity index (χ2n) is 6.71. The predicted octanol–water partition coefficient (Wildman–Crippen LogP) is 2.78. The Hall–Kier alpha value is -3.85. The zero-order valence-corrected chi connectivity index (χ0v) is 15.4. The van der Waals surface area contributed by atoms with Gasteiger partial charge in [-0.3, -0.25) is 9.59 Å². The van der Waals surface area contributed by atoms with Crippen LogP contribution in [0.1, 0.15) is 22.8 Å². The van der Waals surface area contributed by atoms with Crippen LogP contribution in [-0.2, 0) is 14.9 Å². The number of nitrogens with zero attached hydrogens (tertiary/aromatic N) is 2. The minimum absolute atomic E-state index is 0.0702. The molecule has 1 atom stereocenters. The Morgan fingerprint density at radius 3 is 2.46 bits per heavy atom. The highest BCUT2D eigenvalue weighted by molar-refractivity contribution is 6.23. The third-order valence-corrected chi connectivity index (χ3v) is 5.28. The van der Waals surface area contributed by atoms with Crippen molar-refractivity contribution in [3.8, 4) is 6.07 Å². The number of Topliss-reactive ketones (excluding diaryl/α,β-unsaturated/α-hetero) is 1. The summed E-state index contributed by atoms with van der Waals surface area (Å²) in [6.07, 6.45) is 0. The zero-order valence-electron chi connectivity index (χ0n) is 15.4. The van der Waals surface area contributed by atoms with Crippen molar-refractivity contribution in [1.29, 1.82) is 5.26 Å². The largest absolute Gasteiger partial charge is 0.445 e. The van der Waals surface area contributed by atoms with E-state index in [0.717, 1.165) is 0 Å². The molecule has 2 heterocycles. The summed E-state index contributed by atoms with van der Waals surface area (Å²) in [6, 6.07) is 17.7. The molecule has 0 fully saturated rings. The number of nitriles is 1. The number of anilines is 1. The van der Waals surface area contributed by atoms with Gasteiger partial charge in [0.05, 0.1) is 5.57 Å². The highest BCUT2D eigenvalue weighted by Gasteiger charge is 2.60. The Morgan fingerprint density at radius 2 is 1.79 bits per heavy atom. The number of likely N-dealkylation sites (N-methyl/N-ethyl adjacent to an activating group) is 1. The Balaban J connectivity index is 2.09. The molecule has 2 aromatic rings. The van der Waals surface area contributed by atoms with Crippen LogP contribution in [0.5, 0.6) is 0 Å². The Bertz CT molecular complexity index is 1130. The lowest BCUT2D eigenvalue weighted by Crippen LogP contribution is -2.47. The molecule has 0 bridgehead atoms. The van der Waals surface area contributed by atoms with E-state index in [0.29, 0.717) is 16.8 Å². The predicted molar refractivity (Wildman–Crippen MR) is 103 cm³/mol. The highest BCUT2D eigenvalue weighted by atomic mass is 16.5. The summed E-state index contributed by atoms with van der Waals surface area (Å²) in [5.41, 5.74) is 6.01. The third-order valence-electron chi connectivity index (χ3n) is 5.28. The smallest absolute Gasteiger partial charge is 0.247 e. The molecule has 1 spiro atoms. The topological polar surface area (TPSA) is 96.4 Å². The molecule has 0 saturated carbocycles. The number of ether oxygens (including phenoxy) is 1. The van der Waals surface area contributed by atoms with E-state index < -0.39 is 11.3 Å². The summed E-state index contributed by atoms with van der Waals surface area (Å²) in [6.45, 7) is 1.59. The van der Waals surface area contributed by atoms with Crippen molar-refractivity contribution in [3.05, 3.63) is 88.5 Å². The summed E-state index contributed by atoms with van der Waals surface area (Å²) in [4.78, 5) is 28.6. The van der Waals surface area contributed by atoms with Crippen LogP contribution >= 0.6 is 0 Å². The molecule has 0 aliphatic carbocycles. The second kappa shape index (κ2) is 6.10. The van der Waals surface area contributed by atoms with Crippen LogP contribution in [0.25, 0.3) is 0 Å². The molecule has 0 unspecified atom stereocenters. The van der Waals surface area contributed by atoms with Gasteiger partial charge in [0, 0.05) is 23.9 Å². The van der Waals surface area contributed by atoms with Crippen LogP contribution in [0.2, 0.25) is 0 Å². The van der Waals surface area contributed by atoms with Gasteiger partial charge in [0.2, 0.25) is 11.8 Å². The first-order chi connectivity index (χ1) is 13.4. The number of hydrogen-bond acceptors (Lipinski definition) is 5. The highest BCUT2D eigenvalue weighted by Crippen LogP contribution is 2.53. The van der Waals surface area contributed by atoms with Crippen LogP contribution < -0.4 is 10.6 Å². The molecule has 2 aliphatic rings. The monoisotopic (exact) mass is 371 g/mol. The van der Waals surface area contributed by atoms with Crippen LogP contribution in [0.3, 0.4) is 0 Å². The normalized spacial score (nSPS) is 20.9. The molecular weight excluding hydrogens is 354 g/mol. The summed E-state index contributed by atoms with van der Waals surface area (Å²) in [5, 5.41) is 9.90. The van der Waals surface area contributed by atoms with Gasteiger partial charge in [0.15, 0.2) is 5.78 Å². The van der Waals surface area contributed by atoms with Gasteiger partial charge in [-0.15, -0.1) is 0 Å². The molecule has 28 heavy (non-hydrogen) atoms. The van der Waals surface area contributed by atoms with Crippen molar-refractivity contribution in [1.82, 2.24) is 0 Å². The molecule has 0 aromatic heterocycles. The van der Waals surface area contributed by atoms with Gasteiger partial charge in [-0.05, 0) is 13.0 Å². The average molecular weight is 371 g/mol.